The molecular weight excluding hydrogens is 92.1 g/mol. The first-order chi connectivity index (χ1) is 3.93. The molecular formula is C5H6O2. The van der Waals surface area contributed by atoms with Gasteiger partial charge in [0.1, 0.15) is 12.4 Å². The van der Waals surface area contributed by atoms with Crippen molar-refractivity contribution in [2.45, 2.75) is 6.61 Å². The van der Waals surface area contributed by atoms with Crippen molar-refractivity contribution in [3.8, 4) is 0 Å². The van der Waals surface area contributed by atoms with Crippen LogP contribution in [0.1, 0.15) is 5.76 Å². The molecule has 0 aliphatic carbocycles. The highest BCUT2D eigenvalue weighted by Gasteiger charge is 1.85. The zero-order chi connectivity index (χ0) is 5.82. The molecule has 0 fully saturated rings. The van der Waals surface area contributed by atoms with Gasteiger partial charge in [-0.25, -0.2) is 0 Å². The number of aliphatic hydroxyl groups excluding tert-OH is 1. The van der Waals surface area contributed by atoms with Crippen molar-refractivity contribution in [3.05, 3.63) is 24.2 Å². The summed E-state index contributed by atoms with van der Waals surface area (Å²) >= 11 is 0. The zero-order valence-corrected chi connectivity index (χ0v) is 3.76. The maximum Gasteiger partial charge on any atom is 0.211 e. The van der Waals surface area contributed by atoms with Crippen LogP contribution >= 0.6 is 0 Å². The fourth-order valence-electron chi connectivity index (χ4n) is 0.395. The van der Waals surface area contributed by atoms with Crippen molar-refractivity contribution in [2.75, 3.05) is 0 Å². The molecule has 0 aromatic carbocycles. The largest absolute Gasteiger partial charge is 0.467 e. The maximum absolute atomic E-state index is 6.32. The molecule has 2 heteroatoms. The van der Waals surface area contributed by atoms with E-state index in [0.29, 0.717) is 5.76 Å². The lowest BCUT2D eigenvalue weighted by Crippen LogP contribution is -1.72. The third-order valence-corrected chi connectivity index (χ3v) is 0.722. The molecule has 2 nitrogen and oxygen atoms in total. The minimum absolute atomic E-state index is 0.229. The van der Waals surface area contributed by atoms with E-state index >= 15 is 0 Å². The Balaban J connectivity index is 2.50. The van der Waals surface area contributed by atoms with E-state index < -0.39 is 0 Å². The van der Waals surface area contributed by atoms with Gasteiger partial charge in [0.2, 0.25) is 1.43 Å². The number of hydrogen-bond donors (Lipinski definition) is 1. The van der Waals surface area contributed by atoms with E-state index in [4.69, 9.17) is 5.85 Å². The number of hydrogen-bond acceptors (Lipinski definition) is 2. The van der Waals surface area contributed by atoms with Gasteiger partial charge in [-0.3, -0.25) is 0 Å². The van der Waals surface area contributed by atoms with Crippen molar-refractivity contribution in [2.24, 2.45) is 0 Å². The van der Waals surface area contributed by atoms with E-state index in [9.17, 15) is 0 Å². The molecule has 0 bridgehead atoms. The predicted molar refractivity (Wildman–Crippen MR) is 24.6 cm³/mol. The van der Waals surface area contributed by atoms with Gasteiger partial charge in [0.05, 0.1) is 6.26 Å². The van der Waals surface area contributed by atoms with E-state index in [1.807, 2.05) is 0 Å². The Labute approximate surface area is 42.9 Å². The van der Waals surface area contributed by atoms with Crippen LogP contribution in [0.2, 0.25) is 0 Å². The standard InChI is InChI=1S/C5H6O2/c6-4-5-2-1-3-7-5/h1-3,6H,4H2/i6D. The van der Waals surface area contributed by atoms with Gasteiger partial charge >= 0.3 is 0 Å². The number of aliphatic hydroxyl groups is 1. The molecule has 1 aromatic heterocycles. The molecule has 0 spiro atoms. The fraction of sp³-hybridized carbons (Fsp3) is 0.200. The first-order valence-electron chi connectivity index (χ1n) is 2.45. The molecule has 0 unspecified atom stereocenters. The van der Waals surface area contributed by atoms with Crippen molar-refractivity contribution < 1.29 is 9.53 Å². The van der Waals surface area contributed by atoms with Gasteiger partial charge < -0.3 is 9.53 Å². The van der Waals surface area contributed by atoms with Crippen LogP contribution in [0.25, 0.3) is 0 Å². The molecule has 1 rings (SSSR count). The second-order valence-electron chi connectivity index (χ2n) is 1.22. The lowest BCUT2D eigenvalue weighted by atomic mass is 10.5. The first kappa shape index (κ1) is 3.27. The van der Waals surface area contributed by atoms with Gasteiger partial charge in [-0.1, -0.05) is 0 Å². The smallest absolute Gasteiger partial charge is 0.211 e. The summed E-state index contributed by atoms with van der Waals surface area (Å²) in [6, 6.07) is 3.52. The van der Waals surface area contributed by atoms with Gasteiger partial charge in [0, 0.05) is 0 Å². The quantitative estimate of drug-likeness (QED) is 0.594. The lowest BCUT2D eigenvalue weighted by Gasteiger charge is -1.79. The molecule has 38 valence electrons. The van der Waals surface area contributed by atoms with E-state index in [1.165, 1.54) is 0 Å². The van der Waals surface area contributed by atoms with Crippen LogP contribution < -0.4 is 0 Å². The second kappa shape index (κ2) is 1.80. The Hall–Kier alpha value is -0.760. The Kier molecular flexibility index (Phi) is 0.839. The third kappa shape index (κ3) is 0.810. The van der Waals surface area contributed by atoms with E-state index in [2.05, 4.69) is 5.11 Å². The first-order valence-corrected chi connectivity index (χ1v) is 2.04. The monoisotopic (exact) mass is 99.0 g/mol. The summed E-state index contributed by atoms with van der Waals surface area (Å²) in [5, 5.41) is 4.04. The van der Waals surface area contributed by atoms with Gasteiger partial charge in [-0.2, -0.15) is 0 Å². The average Bonchev–Trinajstić information content (AvgIpc) is 2.19. The molecule has 1 N–H and O–H groups in total. The molecule has 0 amide bonds. The summed E-state index contributed by atoms with van der Waals surface area (Å²) in [6.45, 7) is 0.229. The molecule has 1 heterocycles. The van der Waals surface area contributed by atoms with Gasteiger partial charge in [0.25, 0.3) is 0 Å². The van der Waals surface area contributed by atoms with Crippen LogP contribution in [0.4, 0.5) is 0 Å². The summed E-state index contributed by atoms with van der Waals surface area (Å²) < 4.78 is 11.1. The van der Waals surface area contributed by atoms with Crippen LogP contribution in [0.15, 0.2) is 22.8 Å². The van der Waals surface area contributed by atoms with Crippen molar-refractivity contribution in [3.63, 3.8) is 0 Å². The molecule has 0 saturated heterocycles. The van der Waals surface area contributed by atoms with Crippen molar-refractivity contribution in [1.82, 2.24) is 0 Å². The molecule has 0 aliphatic rings. The highest BCUT2D eigenvalue weighted by molar-refractivity contribution is 4.95. The minimum Gasteiger partial charge on any atom is -0.467 e. The van der Waals surface area contributed by atoms with Gasteiger partial charge in [-0.15, -0.1) is 0 Å². The Morgan fingerprint density at radius 2 is 3.00 bits per heavy atom. The highest BCUT2D eigenvalue weighted by Crippen LogP contribution is 1.96. The molecule has 0 saturated carbocycles. The third-order valence-electron chi connectivity index (χ3n) is 0.722. The van der Waals surface area contributed by atoms with Crippen LogP contribution in [-0.4, -0.2) is 6.54 Å². The van der Waals surface area contributed by atoms with Gasteiger partial charge in [0.15, 0.2) is 0 Å². The van der Waals surface area contributed by atoms with E-state index in [-0.39, 0.29) is 6.61 Å². The molecule has 0 atom stereocenters. The maximum atomic E-state index is 6.32. The Morgan fingerprint density at radius 3 is 3.57 bits per heavy atom. The highest BCUT2D eigenvalue weighted by atomic mass is 16.4. The van der Waals surface area contributed by atoms with E-state index in [0.717, 1.165) is 0 Å². The second-order valence-corrected chi connectivity index (χ2v) is 1.22. The van der Waals surface area contributed by atoms with Crippen LogP contribution in [0.3, 0.4) is 0 Å². The zero-order valence-electron chi connectivity index (χ0n) is 4.76. The van der Waals surface area contributed by atoms with Crippen LogP contribution in [0.5, 0.6) is 0 Å². The summed E-state index contributed by atoms with van der Waals surface area (Å²) in [4.78, 5) is 0. The van der Waals surface area contributed by atoms with Crippen molar-refractivity contribution in [1.29, 1.82) is 1.43 Å². The summed E-state index contributed by atoms with van der Waals surface area (Å²) in [6.07, 6.45) is 1.55. The van der Waals surface area contributed by atoms with Crippen LogP contribution in [-0.2, 0) is 6.61 Å². The van der Waals surface area contributed by atoms with Crippen LogP contribution in [0, 0.1) is 0 Å². The van der Waals surface area contributed by atoms with Crippen molar-refractivity contribution >= 4 is 0 Å². The predicted octanol–water partition coefficient (Wildman–Crippen LogP) is 0.772. The normalized spacial score (nSPS) is 11.1. The van der Waals surface area contributed by atoms with Gasteiger partial charge in [-0.05, 0) is 12.1 Å². The summed E-state index contributed by atoms with van der Waals surface area (Å²) in [5.74, 6) is 0.681. The summed E-state index contributed by atoms with van der Waals surface area (Å²) in [7, 11) is 0. The topological polar surface area (TPSA) is 33.4 Å². The average molecular weight is 99.1 g/mol. The summed E-state index contributed by atoms with van der Waals surface area (Å²) in [5.41, 5.74) is 0. The molecule has 1 aromatic rings. The number of rotatable bonds is 2. The SMILES string of the molecule is [2H]OCc1ccco1. The van der Waals surface area contributed by atoms with E-state index in [1.54, 1.807) is 18.4 Å². The molecule has 7 heavy (non-hydrogen) atoms. The molecule has 0 radical (unpaired) electrons. The molecule has 0 aliphatic heterocycles. The Bertz CT molecular complexity index is 136. The lowest BCUT2D eigenvalue weighted by molar-refractivity contribution is 0.247. The Morgan fingerprint density at radius 1 is 2.00 bits per heavy atom. The fourth-order valence-corrected chi connectivity index (χ4v) is 0.395. The number of furan rings is 1. The minimum atomic E-state index is 0.229.